The fourth-order valence-electron chi connectivity index (χ4n) is 1.51. The molecular formula is C13H6Cl2F2INO. The van der Waals surface area contributed by atoms with Crippen LogP contribution in [-0.2, 0) is 0 Å². The first-order valence-corrected chi connectivity index (χ1v) is 7.13. The molecule has 0 aliphatic rings. The summed E-state index contributed by atoms with van der Waals surface area (Å²) in [6, 6.07) is 6.30. The number of carbonyl (C=O) groups is 1. The summed E-state index contributed by atoms with van der Waals surface area (Å²) in [6.45, 7) is 0. The van der Waals surface area contributed by atoms with Crippen molar-refractivity contribution < 1.29 is 13.6 Å². The monoisotopic (exact) mass is 427 g/mol. The lowest BCUT2D eigenvalue weighted by atomic mass is 10.2. The molecule has 0 unspecified atom stereocenters. The van der Waals surface area contributed by atoms with Gasteiger partial charge in [-0.2, -0.15) is 0 Å². The fraction of sp³-hybridized carbons (Fsp3) is 0. The van der Waals surface area contributed by atoms with Crippen LogP contribution in [0.3, 0.4) is 0 Å². The molecule has 104 valence electrons. The molecule has 2 nitrogen and oxygen atoms in total. The Morgan fingerprint density at radius 2 is 1.85 bits per heavy atom. The average Bonchev–Trinajstić information content (AvgIpc) is 2.36. The first-order chi connectivity index (χ1) is 9.38. The highest BCUT2D eigenvalue weighted by Crippen LogP contribution is 2.27. The highest BCUT2D eigenvalue weighted by Gasteiger charge is 2.16. The van der Waals surface area contributed by atoms with Crippen molar-refractivity contribution in [3.63, 3.8) is 0 Å². The Hall–Kier alpha value is -0.920. The maximum atomic E-state index is 13.6. The number of anilines is 1. The first kappa shape index (κ1) is 15.5. The highest BCUT2D eigenvalue weighted by atomic mass is 127. The van der Waals surface area contributed by atoms with E-state index in [0.717, 1.165) is 6.07 Å². The number of hydrogen-bond donors (Lipinski definition) is 1. The molecule has 0 fully saturated rings. The van der Waals surface area contributed by atoms with Gasteiger partial charge in [0.15, 0.2) is 5.82 Å². The Balaban J connectivity index is 2.35. The van der Waals surface area contributed by atoms with Crippen molar-refractivity contribution in [1.82, 2.24) is 0 Å². The second kappa shape index (κ2) is 6.24. The van der Waals surface area contributed by atoms with Gasteiger partial charge in [-0.3, -0.25) is 4.79 Å². The number of hydrogen-bond acceptors (Lipinski definition) is 1. The van der Waals surface area contributed by atoms with Gasteiger partial charge in [0.1, 0.15) is 5.82 Å². The number of carbonyl (C=O) groups excluding carboxylic acids is 1. The third-order valence-corrected chi connectivity index (χ3v) is 3.89. The van der Waals surface area contributed by atoms with Gasteiger partial charge in [0.2, 0.25) is 0 Å². The van der Waals surface area contributed by atoms with E-state index in [-0.39, 0.29) is 16.3 Å². The van der Waals surface area contributed by atoms with Gasteiger partial charge >= 0.3 is 0 Å². The Kier molecular flexibility index (Phi) is 4.82. The normalized spacial score (nSPS) is 10.4. The minimum atomic E-state index is -0.944. The van der Waals surface area contributed by atoms with E-state index in [0.29, 0.717) is 14.7 Å². The molecule has 1 amide bonds. The fourth-order valence-corrected chi connectivity index (χ4v) is 2.51. The molecular weight excluding hydrogens is 422 g/mol. The zero-order valence-corrected chi connectivity index (χ0v) is 13.4. The van der Waals surface area contributed by atoms with Crippen LogP contribution in [0.4, 0.5) is 14.5 Å². The Morgan fingerprint density at radius 1 is 1.15 bits per heavy atom. The summed E-state index contributed by atoms with van der Waals surface area (Å²) in [5.74, 6) is -2.34. The van der Waals surface area contributed by atoms with Crippen molar-refractivity contribution in [2.75, 3.05) is 5.32 Å². The maximum absolute atomic E-state index is 13.6. The van der Waals surface area contributed by atoms with Gasteiger partial charge in [0.25, 0.3) is 5.91 Å². The van der Waals surface area contributed by atoms with Crippen LogP contribution in [-0.4, -0.2) is 5.91 Å². The van der Waals surface area contributed by atoms with E-state index in [9.17, 15) is 13.6 Å². The molecule has 0 aliphatic heterocycles. The predicted octanol–water partition coefficient (Wildman–Crippen LogP) is 5.13. The zero-order chi connectivity index (χ0) is 14.9. The number of halogens is 5. The second-order valence-electron chi connectivity index (χ2n) is 3.82. The van der Waals surface area contributed by atoms with Crippen molar-refractivity contribution >= 4 is 57.4 Å². The van der Waals surface area contributed by atoms with Crippen molar-refractivity contribution in [2.24, 2.45) is 0 Å². The standard InChI is InChI=1S/C13H6Cl2F2INO/c14-6-1-2-11(18)8(3-6)13(20)19-12-9(15)4-7(16)5-10(12)17/h1-5H,(H,19,20). The van der Waals surface area contributed by atoms with E-state index in [2.05, 4.69) is 5.32 Å². The van der Waals surface area contributed by atoms with E-state index in [1.54, 1.807) is 12.1 Å². The van der Waals surface area contributed by atoms with Crippen molar-refractivity contribution in [3.8, 4) is 0 Å². The van der Waals surface area contributed by atoms with Crippen LogP contribution in [0.25, 0.3) is 0 Å². The topological polar surface area (TPSA) is 29.1 Å². The highest BCUT2D eigenvalue weighted by molar-refractivity contribution is 14.1. The molecule has 0 saturated heterocycles. The van der Waals surface area contributed by atoms with Crippen LogP contribution in [0, 0.1) is 15.2 Å². The molecule has 2 aromatic rings. The number of rotatable bonds is 2. The molecule has 0 radical (unpaired) electrons. The molecule has 0 spiro atoms. The third kappa shape index (κ3) is 3.39. The average molecular weight is 428 g/mol. The predicted molar refractivity (Wildman–Crippen MR) is 83.5 cm³/mol. The first-order valence-electron chi connectivity index (χ1n) is 5.29. The Labute approximate surface area is 137 Å². The van der Waals surface area contributed by atoms with E-state index in [1.807, 2.05) is 22.6 Å². The molecule has 0 heterocycles. The minimum Gasteiger partial charge on any atom is -0.318 e. The zero-order valence-electron chi connectivity index (χ0n) is 9.68. The van der Waals surface area contributed by atoms with E-state index < -0.39 is 17.5 Å². The Bertz CT molecular complexity index is 671. The lowest BCUT2D eigenvalue weighted by Gasteiger charge is -2.10. The quantitative estimate of drug-likeness (QED) is 0.661. The molecule has 2 aromatic carbocycles. The molecule has 2 rings (SSSR count). The van der Waals surface area contributed by atoms with Crippen LogP contribution in [0.15, 0.2) is 30.3 Å². The summed E-state index contributed by atoms with van der Waals surface area (Å²) in [5, 5.41) is 2.48. The molecule has 7 heteroatoms. The van der Waals surface area contributed by atoms with Gasteiger partial charge in [-0.1, -0.05) is 23.2 Å². The third-order valence-electron chi connectivity index (χ3n) is 2.42. The molecule has 0 atom stereocenters. The summed E-state index contributed by atoms with van der Waals surface area (Å²) < 4.78 is 27.2. The van der Waals surface area contributed by atoms with Crippen LogP contribution in [0.5, 0.6) is 0 Å². The summed E-state index contributed by atoms with van der Waals surface area (Å²) in [4.78, 5) is 12.1. The molecule has 0 aliphatic carbocycles. The van der Waals surface area contributed by atoms with Crippen LogP contribution in [0.1, 0.15) is 10.4 Å². The summed E-state index contributed by atoms with van der Waals surface area (Å²) >= 11 is 13.5. The van der Waals surface area contributed by atoms with Crippen molar-refractivity contribution in [2.45, 2.75) is 0 Å². The minimum absolute atomic E-state index is 0.215. The van der Waals surface area contributed by atoms with Gasteiger partial charge in [-0.05, 0) is 46.9 Å². The van der Waals surface area contributed by atoms with Gasteiger partial charge in [-0.25, -0.2) is 8.78 Å². The summed E-state index contributed by atoms with van der Waals surface area (Å²) in [7, 11) is 0. The lowest BCUT2D eigenvalue weighted by Crippen LogP contribution is -2.15. The number of amides is 1. The largest absolute Gasteiger partial charge is 0.318 e. The molecule has 0 saturated carbocycles. The van der Waals surface area contributed by atoms with E-state index in [4.69, 9.17) is 23.2 Å². The summed E-state index contributed by atoms with van der Waals surface area (Å²) in [6.07, 6.45) is 0. The van der Waals surface area contributed by atoms with Gasteiger partial charge in [0, 0.05) is 14.7 Å². The van der Waals surface area contributed by atoms with Crippen LogP contribution >= 0.6 is 45.8 Å². The van der Waals surface area contributed by atoms with Crippen molar-refractivity contribution in [3.05, 3.63) is 61.1 Å². The lowest BCUT2D eigenvalue weighted by molar-refractivity contribution is 0.102. The smallest absolute Gasteiger partial charge is 0.256 e. The molecule has 0 aromatic heterocycles. The van der Waals surface area contributed by atoms with E-state index >= 15 is 0 Å². The van der Waals surface area contributed by atoms with Crippen LogP contribution < -0.4 is 5.32 Å². The SMILES string of the molecule is O=C(Nc1c(F)cc(F)cc1Cl)c1cc(Cl)ccc1I. The Morgan fingerprint density at radius 3 is 2.50 bits per heavy atom. The van der Waals surface area contributed by atoms with Crippen molar-refractivity contribution in [1.29, 1.82) is 0 Å². The maximum Gasteiger partial charge on any atom is 0.256 e. The second-order valence-corrected chi connectivity index (χ2v) is 5.83. The van der Waals surface area contributed by atoms with Crippen LogP contribution in [0.2, 0.25) is 10.0 Å². The van der Waals surface area contributed by atoms with E-state index in [1.165, 1.54) is 6.07 Å². The number of benzene rings is 2. The number of nitrogens with one attached hydrogen (secondary N) is 1. The van der Waals surface area contributed by atoms with Gasteiger partial charge < -0.3 is 5.32 Å². The molecule has 20 heavy (non-hydrogen) atoms. The summed E-state index contributed by atoms with van der Waals surface area (Å²) in [5.41, 5.74) is 0.00624. The van der Waals surface area contributed by atoms with Gasteiger partial charge in [-0.15, -0.1) is 0 Å². The van der Waals surface area contributed by atoms with Gasteiger partial charge in [0.05, 0.1) is 16.3 Å². The molecule has 0 bridgehead atoms. The molecule has 1 N–H and O–H groups in total.